The van der Waals surface area contributed by atoms with Crippen LogP contribution in [0.5, 0.6) is 0 Å². The molecule has 4 nitrogen and oxygen atoms in total. The van der Waals surface area contributed by atoms with Gasteiger partial charge in [-0.05, 0) is 35.7 Å². The van der Waals surface area contributed by atoms with E-state index < -0.39 is 0 Å². The number of carbonyl (C=O) groups excluding carboxylic acids is 2. The van der Waals surface area contributed by atoms with Gasteiger partial charge in [0.25, 0.3) is 11.8 Å². The molecule has 2 amide bonds. The molecule has 4 rings (SSSR count). The summed E-state index contributed by atoms with van der Waals surface area (Å²) in [6, 6.07) is 14.9. The number of rotatable bonds is 2. The molecule has 2 aliphatic rings. The predicted octanol–water partition coefficient (Wildman–Crippen LogP) is 2.77. The van der Waals surface area contributed by atoms with Crippen molar-refractivity contribution < 1.29 is 9.59 Å². The third kappa shape index (κ3) is 2.23. The number of amides is 2. The fourth-order valence-electron chi connectivity index (χ4n) is 3.16. The van der Waals surface area contributed by atoms with Crippen molar-refractivity contribution >= 4 is 34.7 Å². The smallest absolute Gasteiger partial charge is 0.275 e. The maximum Gasteiger partial charge on any atom is 0.275 e. The van der Waals surface area contributed by atoms with Crippen LogP contribution < -0.4 is 10.2 Å². The van der Waals surface area contributed by atoms with Gasteiger partial charge in [-0.15, -0.1) is 0 Å². The first-order valence-electron chi connectivity index (χ1n) is 7.36. The van der Waals surface area contributed by atoms with Gasteiger partial charge in [-0.3, -0.25) is 14.9 Å². The van der Waals surface area contributed by atoms with Crippen molar-refractivity contribution in [2.45, 2.75) is 6.42 Å². The summed E-state index contributed by atoms with van der Waals surface area (Å²) in [4.78, 5) is 26.6. The summed E-state index contributed by atoms with van der Waals surface area (Å²) in [5.41, 5.74) is 3.68. The Balaban J connectivity index is 1.88. The highest BCUT2D eigenvalue weighted by atomic mass is 35.5. The third-order valence-electron chi connectivity index (χ3n) is 4.20. The van der Waals surface area contributed by atoms with Gasteiger partial charge >= 0.3 is 0 Å². The molecular weight excluding hydrogens is 312 g/mol. The predicted molar refractivity (Wildman–Crippen MR) is 89.0 cm³/mol. The molecule has 0 unspecified atom stereocenters. The fraction of sp³-hybridized carbons (Fsp3) is 0.111. The molecule has 0 atom stereocenters. The average molecular weight is 325 g/mol. The second-order valence-electron chi connectivity index (χ2n) is 5.54. The van der Waals surface area contributed by atoms with Gasteiger partial charge in [0.1, 0.15) is 5.70 Å². The lowest BCUT2D eigenvalue weighted by molar-refractivity contribution is -0.123. The molecule has 2 heterocycles. The molecule has 2 aliphatic heterocycles. The first-order valence-corrected chi connectivity index (χ1v) is 7.74. The van der Waals surface area contributed by atoms with E-state index in [4.69, 9.17) is 11.6 Å². The Morgan fingerprint density at radius 2 is 1.70 bits per heavy atom. The summed E-state index contributed by atoms with van der Waals surface area (Å²) < 4.78 is 0. The van der Waals surface area contributed by atoms with Crippen LogP contribution in [0.15, 0.2) is 54.2 Å². The molecule has 0 saturated carbocycles. The van der Waals surface area contributed by atoms with Gasteiger partial charge in [0.2, 0.25) is 0 Å². The van der Waals surface area contributed by atoms with Crippen molar-refractivity contribution in [3.05, 3.63) is 70.4 Å². The number of anilines is 1. The molecule has 5 heteroatoms. The number of hydrogen-bond donors (Lipinski definition) is 1. The van der Waals surface area contributed by atoms with Gasteiger partial charge in [-0.25, -0.2) is 0 Å². The number of fused-ring (bicyclic) bond motifs is 1. The fourth-order valence-corrected chi connectivity index (χ4v) is 3.28. The number of carbonyl (C=O) groups is 2. The maximum absolute atomic E-state index is 12.4. The Labute approximate surface area is 138 Å². The Morgan fingerprint density at radius 3 is 2.48 bits per heavy atom. The molecule has 23 heavy (non-hydrogen) atoms. The molecule has 0 aromatic heterocycles. The first kappa shape index (κ1) is 14.0. The second kappa shape index (κ2) is 5.25. The van der Waals surface area contributed by atoms with Crippen LogP contribution in [-0.2, 0) is 16.0 Å². The largest absolute Gasteiger partial charge is 0.336 e. The van der Waals surface area contributed by atoms with Gasteiger partial charge in [0.05, 0.1) is 5.57 Å². The van der Waals surface area contributed by atoms with Crippen LogP contribution in [0.2, 0.25) is 5.02 Å². The minimum absolute atomic E-state index is 0.350. The Kier molecular flexibility index (Phi) is 3.20. The first-order chi connectivity index (χ1) is 11.1. The number of hydrogen-bond acceptors (Lipinski definition) is 3. The minimum Gasteiger partial charge on any atom is -0.336 e. The lowest BCUT2D eigenvalue weighted by atomic mass is 10.0. The summed E-state index contributed by atoms with van der Waals surface area (Å²) in [5.74, 6) is -0.714. The van der Waals surface area contributed by atoms with E-state index in [0.29, 0.717) is 28.4 Å². The van der Waals surface area contributed by atoms with Gasteiger partial charge in [0.15, 0.2) is 0 Å². The number of halogens is 1. The van der Waals surface area contributed by atoms with Gasteiger partial charge in [-0.2, -0.15) is 0 Å². The van der Waals surface area contributed by atoms with Crippen LogP contribution in [0.3, 0.4) is 0 Å². The van der Waals surface area contributed by atoms with Crippen LogP contribution in [0.4, 0.5) is 5.69 Å². The van der Waals surface area contributed by atoms with E-state index in [1.165, 1.54) is 5.56 Å². The molecule has 0 saturated heterocycles. The summed E-state index contributed by atoms with van der Waals surface area (Å²) in [7, 11) is 0. The van der Waals surface area contributed by atoms with E-state index in [2.05, 4.69) is 5.32 Å². The Hall–Kier alpha value is -2.59. The molecule has 114 valence electrons. The summed E-state index contributed by atoms with van der Waals surface area (Å²) in [6.07, 6.45) is 0.856. The number of imide groups is 1. The third-order valence-corrected chi connectivity index (χ3v) is 4.45. The minimum atomic E-state index is -0.364. The topological polar surface area (TPSA) is 49.4 Å². The number of nitrogens with zero attached hydrogens (tertiary/aromatic N) is 1. The highest BCUT2D eigenvalue weighted by Gasteiger charge is 2.37. The van der Waals surface area contributed by atoms with Crippen molar-refractivity contribution in [2.75, 3.05) is 11.4 Å². The molecule has 0 aliphatic carbocycles. The van der Waals surface area contributed by atoms with Crippen LogP contribution >= 0.6 is 11.6 Å². The standard InChI is InChI=1S/C18H13ClN2O2/c19-13-7-5-12(6-8-13)15-16(18(23)20-17(15)22)21-10-9-11-3-1-2-4-14(11)21/h1-8H,9-10H2,(H,20,22,23). The summed E-state index contributed by atoms with van der Waals surface area (Å²) >= 11 is 5.92. The highest BCUT2D eigenvalue weighted by molar-refractivity contribution is 6.37. The van der Waals surface area contributed by atoms with Crippen molar-refractivity contribution in [3.8, 4) is 0 Å². The van der Waals surface area contributed by atoms with Gasteiger partial charge in [-0.1, -0.05) is 41.9 Å². The van der Waals surface area contributed by atoms with E-state index in [1.54, 1.807) is 24.3 Å². The SMILES string of the molecule is O=C1NC(=O)C(N2CCc3ccccc32)=C1c1ccc(Cl)cc1. The molecule has 0 radical (unpaired) electrons. The molecular formula is C18H13ClN2O2. The van der Waals surface area contributed by atoms with Crippen LogP contribution in [0.1, 0.15) is 11.1 Å². The number of nitrogens with one attached hydrogen (secondary N) is 1. The average Bonchev–Trinajstić information content (AvgIpc) is 3.08. The van der Waals surface area contributed by atoms with Crippen molar-refractivity contribution in [1.29, 1.82) is 0 Å². The van der Waals surface area contributed by atoms with Crippen LogP contribution in [0, 0.1) is 0 Å². The molecule has 0 bridgehead atoms. The lowest BCUT2D eigenvalue weighted by Gasteiger charge is -2.20. The zero-order valence-electron chi connectivity index (χ0n) is 12.2. The van der Waals surface area contributed by atoms with Gasteiger partial charge in [0, 0.05) is 17.3 Å². The molecule has 0 fully saturated rings. The summed E-state index contributed by atoms with van der Waals surface area (Å²) in [5, 5.41) is 3.00. The number of benzene rings is 2. The number of para-hydroxylation sites is 1. The Bertz CT molecular complexity index is 856. The Morgan fingerprint density at radius 1 is 0.957 bits per heavy atom. The van der Waals surface area contributed by atoms with E-state index in [1.807, 2.05) is 29.2 Å². The highest BCUT2D eigenvalue weighted by Crippen LogP contribution is 2.36. The zero-order valence-corrected chi connectivity index (χ0v) is 12.9. The normalized spacial score (nSPS) is 16.8. The van der Waals surface area contributed by atoms with Crippen LogP contribution in [-0.4, -0.2) is 18.4 Å². The van der Waals surface area contributed by atoms with Crippen molar-refractivity contribution in [3.63, 3.8) is 0 Å². The van der Waals surface area contributed by atoms with E-state index in [9.17, 15) is 9.59 Å². The van der Waals surface area contributed by atoms with Crippen molar-refractivity contribution in [2.24, 2.45) is 0 Å². The molecule has 1 N–H and O–H groups in total. The maximum atomic E-state index is 12.4. The quantitative estimate of drug-likeness (QED) is 0.864. The van der Waals surface area contributed by atoms with E-state index >= 15 is 0 Å². The van der Waals surface area contributed by atoms with Crippen LogP contribution in [0.25, 0.3) is 5.57 Å². The lowest BCUT2D eigenvalue weighted by Crippen LogP contribution is -2.29. The molecule has 2 aromatic rings. The van der Waals surface area contributed by atoms with E-state index in [-0.39, 0.29) is 11.8 Å². The summed E-state index contributed by atoms with van der Waals surface area (Å²) in [6.45, 7) is 0.687. The second-order valence-corrected chi connectivity index (χ2v) is 5.98. The van der Waals surface area contributed by atoms with Gasteiger partial charge < -0.3 is 4.90 Å². The molecule has 0 spiro atoms. The van der Waals surface area contributed by atoms with Crippen molar-refractivity contribution in [1.82, 2.24) is 5.32 Å². The molecule has 2 aromatic carbocycles. The monoisotopic (exact) mass is 324 g/mol. The zero-order chi connectivity index (χ0) is 16.0. The van der Waals surface area contributed by atoms with E-state index in [0.717, 1.165) is 12.1 Å².